The van der Waals surface area contributed by atoms with Crippen molar-refractivity contribution < 1.29 is 9.53 Å². The molecule has 2 heterocycles. The van der Waals surface area contributed by atoms with Crippen molar-refractivity contribution in [2.24, 2.45) is 5.92 Å². The Labute approximate surface area is 129 Å². The minimum atomic E-state index is -0.131. The second-order valence-corrected chi connectivity index (χ2v) is 5.54. The fourth-order valence-electron chi connectivity index (χ4n) is 2.70. The molecule has 1 aliphatic rings. The van der Waals surface area contributed by atoms with E-state index in [2.05, 4.69) is 15.4 Å². The average molecular weight is 300 g/mol. The largest absolute Gasteiger partial charge is 0.492 e. The fourth-order valence-corrected chi connectivity index (χ4v) is 2.70. The molecule has 1 aromatic heterocycles. The molecule has 0 radical (unpaired) electrons. The fraction of sp³-hybridized carbons (Fsp3) is 0.438. The van der Waals surface area contributed by atoms with E-state index in [-0.39, 0.29) is 11.8 Å². The quantitative estimate of drug-likeness (QED) is 0.923. The van der Waals surface area contributed by atoms with Crippen molar-refractivity contribution in [3.63, 3.8) is 0 Å². The Bertz CT molecular complexity index is 681. The van der Waals surface area contributed by atoms with Crippen LogP contribution in [0.15, 0.2) is 24.3 Å². The first-order valence-corrected chi connectivity index (χ1v) is 7.50. The molecule has 116 valence electrons. The predicted octanol–water partition coefficient (Wildman–Crippen LogP) is 1.26. The SMILES string of the molecule is Cc1nc(C)n(CCNC(=O)[C@@H]2COc3ccccc3C2)n1. The third-order valence-electron chi connectivity index (χ3n) is 3.84. The number of hydrogen-bond acceptors (Lipinski definition) is 4. The van der Waals surface area contributed by atoms with Gasteiger partial charge in [0.25, 0.3) is 0 Å². The first-order valence-electron chi connectivity index (χ1n) is 7.50. The predicted molar refractivity (Wildman–Crippen MR) is 81.6 cm³/mol. The van der Waals surface area contributed by atoms with Crippen molar-refractivity contribution in [3.05, 3.63) is 41.5 Å². The lowest BCUT2D eigenvalue weighted by atomic mass is 9.96. The van der Waals surface area contributed by atoms with Crippen LogP contribution in [0.25, 0.3) is 0 Å². The van der Waals surface area contributed by atoms with E-state index in [9.17, 15) is 4.79 Å². The Balaban J connectivity index is 1.52. The summed E-state index contributed by atoms with van der Waals surface area (Å²) in [7, 11) is 0. The maximum atomic E-state index is 12.3. The number of rotatable bonds is 4. The van der Waals surface area contributed by atoms with Gasteiger partial charge in [0.15, 0.2) is 0 Å². The summed E-state index contributed by atoms with van der Waals surface area (Å²) in [4.78, 5) is 16.5. The molecule has 2 aromatic rings. The Morgan fingerprint density at radius 1 is 1.41 bits per heavy atom. The molecule has 22 heavy (non-hydrogen) atoms. The van der Waals surface area contributed by atoms with Crippen molar-refractivity contribution in [1.29, 1.82) is 0 Å². The third-order valence-corrected chi connectivity index (χ3v) is 3.84. The molecule has 3 rings (SSSR count). The van der Waals surface area contributed by atoms with E-state index in [0.717, 1.165) is 29.4 Å². The van der Waals surface area contributed by atoms with Gasteiger partial charge in [0, 0.05) is 6.54 Å². The number of carbonyl (C=O) groups is 1. The Kier molecular flexibility index (Phi) is 4.09. The monoisotopic (exact) mass is 300 g/mol. The van der Waals surface area contributed by atoms with Gasteiger partial charge in [-0.1, -0.05) is 18.2 Å². The van der Waals surface area contributed by atoms with Crippen LogP contribution in [-0.4, -0.2) is 33.8 Å². The van der Waals surface area contributed by atoms with Gasteiger partial charge in [-0.25, -0.2) is 9.67 Å². The first-order chi connectivity index (χ1) is 10.6. The normalized spacial score (nSPS) is 16.7. The van der Waals surface area contributed by atoms with Gasteiger partial charge in [-0.15, -0.1) is 0 Å². The van der Waals surface area contributed by atoms with Crippen LogP contribution in [0.4, 0.5) is 0 Å². The summed E-state index contributed by atoms with van der Waals surface area (Å²) in [6.45, 7) is 5.38. The third kappa shape index (κ3) is 3.10. The number of fused-ring (bicyclic) bond motifs is 1. The van der Waals surface area contributed by atoms with Gasteiger partial charge in [-0.2, -0.15) is 5.10 Å². The molecule has 1 amide bonds. The highest BCUT2D eigenvalue weighted by Crippen LogP contribution is 2.26. The maximum absolute atomic E-state index is 12.3. The van der Waals surface area contributed by atoms with Gasteiger partial charge >= 0.3 is 0 Å². The number of benzene rings is 1. The van der Waals surface area contributed by atoms with Crippen LogP contribution in [0.1, 0.15) is 17.2 Å². The second kappa shape index (κ2) is 6.17. The molecule has 6 heteroatoms. The molecule has 1 aliphatic heterocycles. The molecule has 1 atom stereocenters. The summed E-state index contributed by atoms with van der Waals surface area (Å²) in [5, 5.41) is 7.24. The van der Waals surface area contributed by atoms with E-state index in [1.165, 1.54) is 0 Å². The topological polar surface area (TPSA) is 69.0 Å². The summed E-state index contributed by atoms with van der Waals surface area (Å²) in [5.74, 6) is 2.40. The molecule has 6 nitrogen and oxygen atoms in total. The molecular weight excluding hydrogens is 280 g/mol. The summed E-state index contributed by atoms with van der Waals surface area (Å²) >= 11 is 0. The van der Waals surface area contributed by atoms with Crippen LogP contribution in [0.2, 0.25) is 0 Å². The van der Waals surface area contributed by atoms with Crippen molar-refractivity contribution in [2.75, 3.05) is 13.2 Å². The molecular formula is C16H20N4O2. The number of nitrogens with zero attached hydrogens (tertiary/aromatic N) is 3. The Hall–Kier alpha value is -2.37. The number of ether oxygens (including phenoxy) is 1. The van der Waals surface area contributed by atoms with Crippen molar-refractivity contribution in [2.45, 2.75) is 26.8 Å². The van der Waals surface area contributed by atoms with E-state index in [1.54, 1.807) is 0 Å². The van der Waals surface area contributed by atoms with E-state index >= 15 is 0 Å². The second-order valence-electron chi connectivity index (χ2n) is 5.54. The molecule has 0 bridgehead atoms. The number of nitrogens with one attached hydrogen (secondary N) is 1. The highest BCUT2D eigenvalue weighted by molar-refractivity contribution is 5.79. The minimum absolute atomic E-state index is 0.0315. The average Bonchev–Trinajstić information content (AvgIpc) is 2.84. The molecule has 0 saturated carbocycles. The summed E-state index contributed by atoms with van der Waals surface area (Å²) < 4.78 is 7.46. The standard InChI is InChI=1S/C16H20N4O2/c1-11-18-12(2)20(19-11)8-7-17-16(21)14-9-13-5-3-4-6-15(13)22-10-14/h3-6,14H,7-10H2,1-2H3,(H,17,21)/t14-/m0/s1. The molecule has 0 fully saturated rings. The first kappa shape index (κ1) is 14.6. The molecule has 1 aromatic carbocycles. The summed E-state index contributed by atoms with van der Waals surface area (Å²) in [6, 6.07) is 7.87. The lowest BCUT2D eigenvalue weighted by Gasteiger charge is -2.24. The molecule has 1 N–H and O–H groups in total. The lowest BCUT2D eigenvalue weighted by molar-refractivity contribution is -0.126. The molecule has 0 unspecified atom stereocenters. The van der Waals surface area contributed by atoms with Gasteiger partial charge < -0.3 is 10.1 Å². The maximum Gasteiger partial charge on any atom is 0.226 e. The van der Waals surface area contributed by atoms with Crippen LogP contribution in [0.3, 0.4) is 0 Å². The zero-order valence-corrected chi connectivity index (χ0v) is 12.9. The number of aromatic nitrogens is 3. The number of aryl methyl sites for hydroxylation is 2. The number of carbonyl (C=O) groups excluding carboxylic acids is 1. The van der Waals surface area contributed by atoms with Crippen LogP contribution >= 0.6 is 0 Å². The van der Waals surface area contributed by atoms with Crippen LogP contribution < -0.4 is 10.1 Å². The number of para-hydroxylation sites is 1. The molecule has 0 aliphatic carbocycles. The van der Waals surface area contributed by atoms with Crippen molar-refractivity contribution in [3.8, 4) is 5.75 Å². The van der Waals surface area contributed by atoms with Gasteiger partial charge in [-0.05, 0) is 31.9 Å². The Morgan fingerprint density at radius 3 is 3.00 bits per heavy atom. The van der Waals surface area contributed by atoms with E-state index in [4.69, 9.17) is 4.74 Å². The van der Waals surface area contributed by atoms with Gasteiger partial charge in [0.05, 0.1) is 12.5 Å². The van der Waals surface area contributed by atoms with Crippen LogP contribution in [0, 0.1) is 19.8 Å². The van der Waals surface area contributed by atoms with Crippen LogP contribution in [0.5, 0.6) is 5.75 Å². The summed E-state index contributed by atoms with van der Waals surface area (Å²) in [5.41, 5.74) is 1.09. The minimum Gasteiger partial charge on any atom is -0.492 e. The summed E-state index contributed by atoms with van der Waals surface area (Å²) in [6.07, 6.45) is 0.726. The van der Waals surface area contributed by atoms with E-state index in [1.807, 2.05) is 42.8 Å². The van der Waals surface area contributed by atoms with Crippen LogP contribution in [-0.2, 0) is 17.8 Å². The van der Waals surface area contributed by atoms with Gasteiger partial charge in [-0.3, -0.25) is 4.79 Å². The number of hydrogen-bond donors (Lipinski definition) is 1. The highest BCUT2D eigenvalue weighted by Gasteiger charge is 2.25. The smallest absolute Gasteiger partial charge is 0.226 e. The molecule has 0 saturated heterocycles. The van der Waals surface area contributed by atoms with Gasteiger partial charge in [0.2, 0.25) is 5.91 Å². The zero-order valence-electron chi connectivity index (χ0n) is 12.9. The highest BCUT2D eigenvalue weighted by atomic mass is 16.5. The van der Waals surface area contributed by atoms with Crippen molar-refractivity contribution >= 4 is 5.91 Å². The van der Waals surface area contributed by atoms with E-state index < -0.39 is 0 Å². The molecule has 0 spiro atoms. The lowest BCUT2D eigenvalue weighted by Crippen LogP contribution is -2.38. The van der Waals surface area contributed by atoms with E-state index in [0.29, 0.717) is 19.7 Å². The van der Waals surface area contributed by atoms with Gasteiger partial charge in [0.1, 0.15) is 24.0 Å². The number of amides is 1. The zero-order chi connectivity index (χ0) is 15.5. The Morgan fingerprint density at radius 2 is 2.23 bits per heavy atom. The van der Waals surface area contributed by atoms with Crippen molar-refractivity contribution in [1.82, 2.24) is 20.1 Å².